The molecule has 0 N–H and O–H groups in total. The zero-order valence-electron chi connectivity index (χ0n) is 12.3. The predicted octanol–water partition coefficient (Wildman–Crippen LogP) is 3.75. The van der Waals surface area contributed by atoms with Gasteiger partial charge in [-0.1, -0.05) is 18.0 Å². The quantitative estimate of drug-likeness (QED) is 0.853. The largest absolute Gasteiger partial charge is 0.496 e. The first kappa shape index (κ1) is 15.3. The number of methoxy groups -OCH3 is 1. The minimum Gasteiger partial charge on any atom is -0.496 e. The number of ether oxygens (including phenoxy) is 1. The van der Waals surface area contributed by atoms with E-state index in [9.17, 15) is 4.79 Å². The highest BCUT2D eigenvalue weighted by Gasteiger charge is 2.18. The highest BCUT2D eigenvalue weighted by atomic mass is 35.5. The second-order valence-electron chi connectivity index (χ2n) is 5.40. The predicted molar refractivity (Wildman–Crippen MR) is 87.5 cm³/mol. The number of carbonyl (C=O) groups excluding carboxylic acids is 1. The van der Waals surface area contributed by atoms with Gasteiger partial charge in [-0.15, -0.1) is 11.3 Å². The van der Waals surface area contributed by atoms with Crippen LogP contribution in [0.3, 0.4) is 0 Å². The molecule has 116 valence electrons. The number of thiazole rings is 1. The van der Waals surface area contributed by atoms with Gasteiger partial charge in [-0.3, -0.25) is 4.79 Å². The minimum atomic E-state index is -0.329. The molecule has 1 aromatic carbocycles. The van der Waals surface area contributed by atoms with Crippen molar-refractivity contribution in [1.29, 1.82) is 0 Å². The van der Waals surface area contributed by atoms with Gasteiger partial charge in [0.1, 0.15) is 5.75 Å². The van der Waals surface area contributed by atoms with Crippen LogP contribution in [0.2, 0.25) is 5.02 Å². The van der Waals surface area contributed by atoms with Gasteiger partial charge in [0.05, 0.1) is 12.7 Å². The zero-order chi connectivity index (χ0) is 15.5. The molecule has 0 atom stereocenters. The highest BCUT2D eigenvalue weighted by Crippen LogP contribution is 2.27. The lowest BCUT2D eigenvalue weighted by Crippen LogP contribution is -2.24. The molecule has 4 nitrogen and oxygen atoms in total. The van der Waals surface area contributed by atoms with Crippen molar-refractivity contribution in [3.8, 4) is 5.75 Å². The molecule has 1 fully saturated rings. The topological polar surface area (TPSA) is 43.6 Å². The van der Waals surface area contributed by atoms with Crippen LogP contribution in [0.5, 0.6) is 5.75 Å². The molecule has 1 aliphatic rings. The molecule has 0 saturated heterocycles. The van der Waals surface area contributed by atoms with Crippen molar-refractivity contribution in [3.05, 3.63) is 45.2 Å². The Balaban J connectivity index is 1.90. The van der Waals surface area contributed by atoms with Crippen LogP contribution < -0.4 is 9.54 Å². The third kappa shape index (κ3) is 3.25. The molecule has 6 heteroatoms. The molecule has 2 aromatic rings. The summed E-state index contributed by atoms with van der Waals surface area (Å²) in [5.41, 5.74) is 0.388. The average Bonchev–Trinajstić information content (AvgIpc) is 2.90. The van der Waals surface area contributed by atoms with E-state index in [2.05, 4.69) is 9.56 Å². The third-order valence-electron chi connectivity index (χ3n) is 3.93. The van der Waals surface area contributed by atoms with Crippen LogP contribution in [-0.2, 0) is 6.54 Å². The second kappa shape index (κ2) is 6.67. The number of hydrogen-bond donors (Lipinski definition) is 0. The Hall–Kier alpha value is -1.59. The van der Waals surface area contributed by atoms with Crippen LogP contribution in [0.1, 0.15) is 29.6 Å². The molecule has 1 aliphatic carbocycles. The van der Waals surface area contributed by atoms with Crippen LogP contribution >= 0.6 is 22.9 Å². The molecule has 1 aromatic heterocycles. The van der Waals surface area contributed by atoms with E-state index in [4.69, 9.17) is 16.3 Å². The molecule has 3 rings (SSSR count). The zero-order valence-corrected chi connectivity index (χ0v) is 13.9. The molecule has 0 spiro atoms. The van der Waals surface area contributed by atoms with Crippen molar-refractivity contribution in [2.75, 3.05) is 7.11 Å². The summed E-state index contributed by atoms with van der Waals surface area (Å²) < 4.78 is 7.28. The molecule has 1 heterocycles. The molecule has 0 bridgehead atoms. The normalized spacial score (nSPS) is 15.6. The molecular formula is C16H17ClN2O2S. The molecule has 1 saturated carbocycles. The molecule has 0 radical (unpaired) electrons. The highest BCUT2D eigenvalue weighted by molar-refractivity contribution is 7.07. The number of halogens is 1. The Morgan fingerprint density at radius 1 is 1.50 bits per heavy atom. The van der Waals surface area contributed by atoms with Crippen molar-refractivity contribution < 1.29 is 9.53 Å². The average molecular weight is 337 g/mol. The van der Waals surface area contributed by atoms with Gasteiger partial charge in [-0.05, 0) is 37.0 Å². The maximum atomic E-state index is 12.5. The van der Waals surface area contributed by atoms with E-state index < -0.39 is 0 Å². The van der Waals surface area contributed by atoms with Crippen molar-refractivity contribution in [2.24, 2.45) is 10.9 Å². The fraction of sp³-hybridized carbons (Fsp3) is 0.375. The van der Waals surface area contributed by atoms with Crippen LogP contribution in [0, 0.1) is 5.92 Å². The Morgan fingerprint density at radius 3 is 3.00 bits per heavy atom. The molecule has 1 amide bonds. The molecule has 0 unspecified atom stereocenters. The van der Waals surface area contributed by atoms with Crippen molar-refractivity contribution >= 4 is 28.8 Å². The summed E-state index contributed by atoms with van der Waals surface area (Å²) >= 11 is 7.44. The van der Waals surface area contributed by atoms with Crippen LogP contribution in [-0.4, -0.2) is 17.6 Å². The lowest BCUT2D eigenvalue weighted by Gasteiger charge is -2.25. The minimum absolute atomic E-state index is 0.329. The first-order valence-corrected chi connectivity index (χ1v) is 8.49. The summed E-state index contributed by atoms with van der Waals surface area (Å²) in [5, 5.41) is 2.45. The Bertz CT molecular complexity index is 747. The first-order valence-electron chi connectivity index (χ1n) is 7.24. The van der Waals surface area contributed by atoms with E-state index in [1.165, 1.54) is 37.7 Å². The summed E-state index contributed by atoms with van der Waals surface area (Å²) in [4.78, 5) is 17.4. The Kier molecular flexibility index (Phi) is 4.64. The third-order valence-corrected chi connectivity index (χ3v) is 4.96. The fourth-order valence-electron chi connectivity index (χ4n) is 2.47. The number of aromatic nitrogens is 1. The van der Waals surface area contributed by atoms with E-state index in [0.29, 0.717) is 22.3 Å². The van der Waals surface area contributed by atoms with E-state index in [-0.39, 0.29) is 5.91 Å². The summed E-state index contributed by atoms with van der Waals surface area (Å²) in [7, 11) is 1.53. The van der Waals surface area contributed by atoms with Crippen molar-refractivity contribution in [2.45, 2.75) is 25.8 Å². The second-order valence-corrected chi connectivity index (χ2v) is 6.71. The summed E-state index contributed by atoms with van der Waals surface area (Å²) in [6.45, 7) is 0.933. The van der Waals surface area contributed by atoms with Crippen molar-refractivity contribution in [1.82, 2.24) is 4.57 Å². The van der Waals surface area contributed by atoms with E-state index in [1.807, 2.05) is 11.6 Å². The van der Waals surface area contributed by atoms with Gasteiger partial charge in [0, 0.05) is 23.1 Å². The fourth-order valence-corrected chi connectivity index (χ4v) is 3.38. The molecule has 22 heavy (non-hydrogen) atoms. The van der Waals surface area contributed by atoms with Gasteiger partial charge in [0.15, 0.2) is 4.80 Å². The number of rotatable bonds is 4. The van der Waals surface area contributed by atoms with E-state index >= 15 is 0 Å². The van der Waals surface area contributed by atoms with Gasteiger partial charge >= 0.3 is 0 Å². The molecular weight excluding hydrogens is 320 g/mol. The summed E-state index contributed by atoms with van der Waals surface area (Å²) in [5.74, 6) is 0.869. The van der Waals surface area contributed by atoms with Crippen LogP contribution in [0.25, 0.3) is 0 Å². The number of benzene rings is 1. The lowest BCUT2D eigenvalue weighted by molar-refractivity contribution is 0.0994. The number of nitrogens with zero attached hydrogens (tertiary/aromatic N) is 2. The first-order chi connectivity index (χ1) is 10.7. The van der Waals surface area contributed by atoms with Crippen molar-refractivity contribution in [3.63, 3.8) is 0 Å². The standard InChI is InChI=1S/C16H17ClN2O2S/c1-21-14-6-5-12(17)9-13(14)15(20)18-16-19(7-8-22-16)10-11-3-2-4-11/h5-9,11H,2-4,10H2,1H3. The Morgan fingerprint density at radius 2 is 2.32 bits per heavy atom. The number of carbonyl (C=O) groups is 1. The van der Waals surface area contributed by atoms with Gasteiger partial charge < -0.3 is 9.30 Å². The van der Waals surface area contributed by atoms with E-state index in [0.717, 1.165) is 11.3 Å². The summed E-state index contributed by atoms with van der Waals surface area (Å²) in [6.07, 6.45) is 5.82. The number of hydrogen-bond acceptors (Lipinski definition) is 3. The maximum Gasteiger partial charge on any atom is 0.283 e. The van der Waals surface area contributed by atoms with Gasteiger partial charge in [-0.25, -0.2) is 0 Å². The molecule has 0 aliphatic heterocycles. The SMILES string of the molecule is COc1ccc(Cl)cc1C(=O)N=c1sccn1CC1CCC1. The van der Waals surface area contributed by atoms with E-state index in [1.54, 1.807) is 18.2 Å². The maximum absolute atomic E-state index is 12.5. The van der Waals surface area contributed by atoms with Crippen LogP contribution in [0.15, 0.2) is 34.8 Å². The monoisotopic (exact) mass is 336 g/mol. The van der Waals surface area contributed by atoms with Gasteiger partial charge in [0.2, 0.25) is 0 Å². The van der Waals surface area contributed by atoms with Gasteiger partial charge in [-0.2, -0.15) is 4.99 Å². The summed E-state index contributed by atoms with van der Waals surface area (Å²) in [6, 6.07) is 4.97. The number of amides is 1. The smallest absolute Gasteiger partial charge is 0.283 e. The van der Waals surface area contributed by atoms with Crippen LogP contribution in [0.4, 0.5) is 0 Å². The van der Waals surface area contributed by atoms with Gasteiger partial charge in [0.25, 0.3) is 5.91 Å². The lowest BCUT2D eigenvalue weighted by atomic mass is 9.85. The Labute approximate surface area is 138 Å².